The molecule has 0 aromatic heterocycles. The summed E-state index contributed by atoms with van der Waals surface area (Å²) in [7, 11) is 0. The molecule has 70 valence electrons. The third-order valence-corrected chi connectivity index (χ3v) is 2.31. The maximum Gasteiger partial charge on any atom is 0.141 e. The van der Waals surface area contributed by atoms with E-state index < -0.39 is 6.23 Å². The molecule has 2 rings (SSSR count). The molecule has 13 heavy (non-hydrogen) atoms. The molecule has 3 N–H and O–H groups in total. The van der Waals surface area contributed by atoms with Crippen molar-refractivity contribution in [2.24, 2.45) is 5.84 Å². The molecule has 0 aliphatic carbocycles. The fraction of sp³-hybridized carbons (Fsp3) is 0.333. The van der Waals surface area contributed by atoms with Crippen LogP contribution in [0, 0.1) is 5.82 Å². The summed E-state index contributed by atoms with van der Waals surface area (Å²) in [6.07, 6.45) is 0.563. The lowest BCUT2D eigenvalue weighted by Crippen LogP contribution is -2.44. The molecule has 1 aromatic carbocycles. The van der Waals surface area contributed by atoms with Gasteiger partial charge in [0.25, 0.3) is 0 Å². The second kappa shape index (κ2) is 2.97. The second-order valence-corrected chi connectivity index (χ2v) is 3.20. The molecule has 1 heterocycles. The molecular formula is C9H11FN2O. The Hall–Kier alpha value is -1.13. The van der Waals surface area contributed by atoms with Crippen LogP contribution in [0.2, 0.25) is 0 Å². The minimum absolute atomic E-state index is 0.261. The molecule has 1 aliphatic heterocycles. The number of hydrogen-bond acceptors (Lipinski definition) is 3. The lowest BCUT2D eigenvalue weighted by molar-refractivity contribution is 0.153. The molecule has 0 amide bonds. The molecule has 0 bridgehead atoms. The van der Waals surface area contributed by atoms with Gasteiger partial charge in [-0.05, 0) is 36.6 Å². The van der Waals surface area contributed by atoms with Crippen molar-refractivity contribution in [2.75, 3.05) is 5.01 Å². The van der Waals surface area contributed by atoms with Crippen LogP contribution in [0.25, 0.3) is 0 Å². The average molecular weight is 182 g/mol. The molecule has 3 nitrogen and oxygen atoms in total. The molecule has 1 atom stereocenters. The third-order valence-electron chi connectivity index (χ3n) is 2.31. The first-order valence-electron chi connectivity index (χ1n) is 4.19. The Morgan fingerprint density at radius 2 is 2.31 bits per heavy atom. The van der Waals surface area contributed by atoms with Crippen LogP contribution in [0.3, 0.4) is 0 Å². The number of benzene rings is 1. The standard InChI is InChI=1S/C9H11FN2O/c10-7-2-3-8-6(5-7)1-4-9(13)12(8)11/h2-3,5,9,13H,1,4,11H2. The van der Waals surface area contributed by atoms with Crippen LogP contribution in [0.15, 0.2) is 18.2 Å². The lowest BCUT2D eigenvalue weighted by Gasteiger charge is -2.31. The van der Waals surface area contributed by atoms with E-state index in [1.54, 1.807) is 6.07 Å². The fourth-order valence-electron chi connectivity index (χ4n) is 1.59. The minimum Gasteiger partial charge on any atom is -0.372 e. The van der Waals surface area contributed by atoms with E-state index in [2.05, 4.69) is 0 Å². The van der Waals surface area contributed by atoms with E-state index in [0.717, 1.165) is 5.56 Å². The van der Waals surface area contributed by atoms with E-state index in [1.165, 1.54) is 17.1 Å². The van der Waals surface area contributed by atoms with Crippen molar-refractivity contribution >= 4 is 5.69 Å². The fourth-order valence-corrected chi connectivity index (χ4v) is 1.59. The predicted octanol–water partition coefficient (Wildman–Crippen LogP) is 0.770. The van der Waals surface area contributed by atoms with Crippen molar-refractivity contribution < 1.29 is 9.50 Å². The summed E-state index contributed by atoms with van der Waals surface area (Å²) < 4.78 is 12.8. The van der Waals surface area contributed by atoms with Crippen LogP contribution in [0.5, 0.6) is 0 Å². The number of fused-ring (bicyclic) bond motifs is 1. The van der Waals surface area contributed by atoms with Gasteiger partial charge in [-0.3, -0.25) is 5.01 Å². The van der Waals surface area contributed by atoms with Crippen LogP contribution in [-0.4, -0.2) is 11.3 Å². The SMILES string of the molecule is NN1c2ccc(F)cc2CCC1O. The van der Waals surface area contributed by atoms with E-state index in [-0.39, 0.29) is 5.82 Å². The van der Waals surface area contributed by atoms with E-state index in [1.807, 2.05) is 0 Å². The van der Waals surface area contributed by atoms with Gasteiger partial charge < -0.3 is 5.11 Å². The molecule has 0 saturated carbocycles. The van der Waals surface area contributed by atoms with Gasteiger partial charge in [0, 0.05) is 0 Å². The zero-order chi connectivity index (χ0) is 9.42. The van der Waals surface area contributed by atoms with Crippen molar-refractivity contribution in [3.05, 3.63) is 29.6 Å². The van der Waals surface area contributed by atoms with Gasteiger partial charge in [0.2, 0.25) is 0 Å². The number of nitrogens with zero attached hydrogens (tertiary/aromatic N) is 1. The first-order valence-corrected chi connectivity index (χ1v) is 4.19. The number of hydrazine groups is 1. The van der Waals surface area contributed by atoms with Crippen LogP contribution in [0.4, 0.5) is 10.1 Å². The minimum atomic E-state index is -0.655. The molecule has 1 aromatic rings. The first-order chi connectivity index (χ1) is 6.18. The molecule has 0 fully saturated rings. The maximum atomic E-state index is 12.8. The summed E-state index contributed by atoms with van der Waals surface area (Å²) in [6.45, 7) is 0. The predicted molar refractivity (Wildman–Crippen MR) is 47.4 cm³/mol. The average Bonchev–Trinajstić information content (AvgIpc) is 2.12. The highest BCUT2D eigenvalue weighted by Crippen LogP contribution is 2.27. The number of aliphatic hydroxyl groups is 1. The number of anilines is 1. The van der Waals surface area contributed by atoms with Crippen molar-refractivity contribution in [2.45, 2.75) is 19.1 Å². The highest BCUT2D eigenvalue weighted by Gasteiger charge is 2.21. The number of aliphatic hydroxyl groups excluding tert-OH is 1. The van der Waals surface area contributed by atoms with Gasteiger partial charge in [-0.25, -0.2) is 10.2 Å². The smallest absolute Gasteiger partial charge is 0.141 e. The van der Waals surface area contributed by atoms with Gasteiger partial charge in [-0.1, -0.05) is 0 Å². The summed E-state index contributed by atoms with van der Waals surface area (Å²) in [6, 6.07) is 4.39. The number of aryl methyl sites for hydroxylation is 1. The monoisotopic (exact) mass is 182 g/mol. The summed E-state index contributed by atoms with van der Waals surface area (Å²) in [4.78, 5) is 0. The van der Waals surface area contributed by atoms with Gasteiger partial charge >= 0.3 is 0 Å². The van der Waals surface area contributed by atoms with Crippen molar-refractivity contribution in [3.63, 3.8) is 0 Å². The normalized spacial score (nSPS) is 21.5. The van der Waals surface area contributed by atoms with Crippen molar-refractivity contribution in [3.8, 4) is 0 Å². The molecule has 0 spiro atoms. The number of rotatable bonds is 0. The summed E-state index contributed by atoms with van der Waals surface area (Å²) >= 11 is 0. The van der Waals surface area contributed by atoms with Gasteiger partial charge in [0.1, 0.15) is 12.0 Å². The van der Waals surface area contributed by atoms with Gasteiger partial charge in [-0.2, -0.15) is 0 Å². The Bertz CT molecular complexity index is 329. The largest absolute Gasteiger partial charge is 0.372 e. The topological polar surface area (TPSA) is 49.5 Å². The van der Waals surface area contributed by atoms with Crippen LogP contribution in [-0.2, 0) is 6.42 Å². The highest BCUT2D eigenvalue weighted by molar-refractivity contribution is 5.54. The highest BCUT2D eigenvalue weighted by atomic mass is 19.1. The first kappa shape index (κ1) is 8.47. The molecule has 1 aliphatic rings. The van der Waals surface area contributed by atoms with Crippen molar-refractivity contribution in [1.29, 1.82) is 0 Å². The van der Waals surface area contributed by atoms with Gasteiger partial charge in [0.05, 0.1) is 5.69 Å². The van der Waals surface area contributed by atoms with E-state index in [0.29, 0.717) is 18.5 Å². The zero-order valence-corrected chi connectivity index (χ0v) is 7.07. The van der Waals surface area contributed by atoms with Crippen LogP contribution >= 0.6 is 0 Å². The molecule has 1 unspecified atom stereocenters. The quantitative estimate of drug-likeness (QED) is 0.583. The summed E-state index contributed by atoms with van der Waals surface area (Å²) in [5.41, 5.74) is 1.56. The van der Waals surface area contributed by atoms with E-state index in [4.69, 9.17) is 5.84 Å². The zero-order valence-electron chi connectivity index (χ0n) is 7.07. The molecule has 0 radical (unpaired) electrons. The number of hydrogen-bond donors (Lipinski definition) is 2. The van der Waals surface area contributed by atoms with Crippen LogP contribution in [0.1, 0.15) is 12.0 Å². The summed E-state index contributed by atoms with van der Waals surface area (Å²) in [5, 5.41) is 10.7. The summed E-state index contributed by atoms with van der Waals surface area (Å²) in [5.74, 6) is 5.34. The van der Waals surface area contributed by atoms with Crippen LogP contribution < -0.4 is 10.9 Å². The number of halogens is 1. The molecule has 4 heteroatoms. The maximum absolute atomic E-state index is 12.8. The third kappa shape index (κ3) is 1.38. The molecule has 0 saturated heterocycles. The van der Waals surface area contributed by atoms with Gasteiger partial charge in [-0.15, -0.1) is 0 Å². The Labute approximate surface area is 75.6 Å². The van der Waals surface area contributed by atoms with Gasteiger partial charge in [0.15, 0.2) is 0 Å². The van der Waals surface area contributed by atoms with E-state index >= 15 is 0 Å². The lowest BCUT2D eigenvalue weighted by atomic mass is 10.0. The second-order valence-electron chi connectivity index (χ2n) is 3.20. The molecular weight excluding hydrogens is 171 g/mol. The van der Waals surface area contributed by atoms with Crippen molar-refractivity contribution in [1.82, 2.24) is 0 Å². The Morgan fingerprint density at radius 3 is 3.08 bits per heavy atom. The Kier molecular flexibility index (Phi) is 1.94. The number of nitrogens with two attached hydrogens (primary N) is 1. The van der Waals surface area contributed by atoms with E-state index in [9.17, 15) is 9.50 Å². The Morgan fingerprint density at radius 1 is 1.54 bits per heavy atom. The Balaban J connectivity index is 2.44.